The third kappa shape index (κ3) is 3.12. The van der Waals surface area contributed by atoms with E-state index in [1.807, 2.05) is 6.92 Å². The van der Waals surface area contributed by atoms with Crippen molar-refractivity contribution in [1.29, 1.82) is 0 Å². The van der Waals surface area contributed by atoms with Gasteiger partial charge in [-0.25, -0.2) is 4.39 Å². The molecule has 2 aromatic carbocycles. The van der Waals surface area contributed by atoms with Crippen molar-refractivity contribution in [2.75, 3.05) is 6.61 Å². The predicted octanol–water partition coefficient (Wildman–Crippen LogP) is 4.36. The lowest BCUT2D eigenvalue weighted by Gasteiger charge is -2.09. The molecule has 0 N–H and O–H groups in total. The predicted molar refractivity (Wildman–Crippen MR) is 73.4 cm³/mol. The van der Waals surface area contributed by atoms with Crippen molar-refractivity contribution in [3.8, 4) is 16.9 Å². The topological polar surface area (TPSA) is 26.3 Å². The minimum Gasteiger partial charge on any atom is -0.494 e. The molecular formula is C15H12ClFO2. The molecule has 2 aromatic rings. The smallest absolute Gasteiger partial charge is 0.150 e. The third-order valence-electron chi connectivity index (χ3n) is 2.62. The van der Waals surface area contributed by atoms with Crippen molar-refractivity contribution in [2.45, 2.75) is 6.92 Å². The highest BCUT2D eigenvalue weighted by atomic mass is 35.5. The second-order valence-electron chi connectivity index (χ2n) is 3.97. The van der Waals surface area contributed by atoms with Gasteiger partial charge in [0.1, 0.15) is 17.9 Å². The molecule has 0 aliphatic rings. The van der Waals surface area contributed by atoms with Crippen LogP contribution in [0.1, 0.15) is 17.3 Å². The molecule has 0 fully saturated rings. The molecule has 0 aliphatic carbocycles. The molecule has 4 heteroatoms. The highest BCUT2D eigenvalue weighted by Gasteiger charge is 2.08. The average Bonchev–Trinajstić information content (AvgIpc) is 2.41. The molecule has 19 heavy (non-hydrogen) atoms. The summed E-state index contributed by atoms with van der Waals surface area (Å²) in [6.45, 7) is 2.33. The van der Waals surface area contributed by atoms with Crippen LogP contribution >= 0.6 is 11.6 Å². The van der Waals surface area contributed by atoms with E-state index in [1.54, 1.807) is 18.2 Å². The Balaban J connectivity index is 2.57. The van der Waals surface area contributed by atoms with Crippen molar-refractivity contribution >= 4 is 17.9 Å². The van der Waals surface area contributed by atoms with Crippen LogP contribution in [-0.4, -0.2) is 12.9 Å². The average molecular weight is 279 g/mol. The van der Waals surface area contributed by atoms with E-state index in [0.717, 1.165) is 6.29 Å². The van der Waals surface area contributed by atoms with E-state index < -0.39 is 0 Å². The summed E-state index contributed by atoms with van der Waals surface area (Å²) in [4.78, 5) is 10.9. The van der Waals surface area contributed by atoms with Gasteiger partial charge in [0.25, 0.3) is 0 Å². The number of halogens is 2. The van der Waals surface area contributed by atoms with Crippen LogP contribution in [-0.2, 0) is 0 Å². The Morgan fingerprint density at radius 1 is 1.26 bits per heavy atom. The van der Waals surface area contributed by atoms with E-state index in [2.05, 4.69) is 0 Å². The van der Waals surface area contributed by atoms with Crippen molar-refractivity contribution < 1.29 is 13.9 Å². The van der Waals surface area contributed by atoms with Gasteiger partial charge in [-0.1, -0.05) is 11.6 Å². The van der Waals surface area contributed by atoms with Crippen LogP contribution in [0.15, 0.2) is 36.4 Å². The summed E-state index contributed by atoms with van der Waals surface area (Å²) in [6, 6.07) is 9.13. The molecule has 0 saturated carbocycles. The number of carbonyl (C=O) groups excluding carboxylic acids is 1. The summed E-state index contributed by atoms with van der Waals surface area (Å²) in [5.74, 6) is 0.177. The molecule has 0 atom stereocenters. The number of ether oxygens (including phenoxy) is 1. The van der Waals surface area contributed by atoms with Gasteiger partial charge in [0, 0.05) is 16.1 Å². The zero-order chi connectivity index (χ0) is 13.8. The van der Waals surface area contributed by atoms with E-state index in [0.29, 0.717) is 34.1 Å². The maximum absolute atomic E-state index is 13.3. The fraction of sp³-hybridized carbons (Fsp3) is 0.133. The first-order valence-electron chi connectivity index (χ1n) is 5.82. The first kappa shape index (κ1) is 13.6. The van der Waals surface area contributed by atoms with Crippen LogP contribution in [0.5, 0.6) is 5.75 Å². The summed E-state index contributed by atoms with van der Waals surface area (Å²) in [5.41, 5.74) is 1.64. The number of hydrogen-bond donors (Lipinski definition) is 0. The van der Waals surface area contributed by atoms with Crippen molar-refractivity contribution in [1.82, 2.24) is 0 Å². The van der Waals surface area contributed by atoms with Crippen LogP contribution in [0, 0.1) is 5.82 Å². The molecule has 0 aliphatic heterocycles. The molecule has 0 radical (unpaired) electrons. The minimum atomic E-state index is -0.381. The molecule has 0 spiro atoms. The molecule has 0 bridgehead atoms. The second kappa shape index (κ2) is 5.85. The van der Waals surface area contributed by atoms with Gasteiger partial charge in [-0.3, -0.25) is 4.79 Å². The Bertz CT molecular complexity index is 611. The summed E-state index contributed by atoms with van der Waals surface area (Å²) in [7, 11) is 0. The Morgan fingerprint density at radius 3 is 2.74 bits per heavy atom. The first-order valence-corrected chi connectivity index (χ1v) is 6.20. The summed E-state index contributed by atoms with van der Waals surface area (Å²) in [5, 5.41) is 0.423. The van der Waals surface area contributed by atoms with E-state index in [4.69, 9.17) is 16.3 Å². The van der Waals surface area contributed by atoms with Crippen molar-refractivity contribution in [3.05, 3.63) is 52.8 Å². The quantitative estimate of drug-likeness (QED) is 0.777. The normalized spacial score (nSPS) is 10.3. The van der Waals surface area contributed by atoms with Gasteiger partial charge in [0.2, 0.25) is 0 Å². The lowest BCUT2D eigenvalue weighted by Crippen LogP contribution is -1.94. The van der Waals surface area contributed by atoms with Gasteiger partial charge in [0.05, 0.1) is 6.61 Å². The Hall–Kier alpha value is -1.87. The largest absolute Gasteiger partial charge is 0.494 e. The Labute approximate surface area is 115 Å². The first-order chi connectivity index (χ1) is 9.13. The molecule has 0 amide bonds. The van der Waals surface area contributed by atoms with Gasteiger partial charge < -0.3 is 4.74 Å². The monoisotopic (exact) mass is 278 g/mol. The Kier molecular flexibility index (Phi) is 4.17. The molecule has 0 aromatic heterocycles. The minimum absolute atomic E-state index is 0.381. The van der Waals surface area contributed by atoms with E-state index >= 15 is 0 Å². The zero-order valence-corrected chi connectivity index (χ0v) is 11.1. The van der Waals surface area contributed by atoms with Gasteiger partial charge in [-0.2, -0.15) is 0 Å². The van der Waals surface area contributed by atoms with Crippen LogP contribution < -0.4 is 4.74 Å². The van der Waals surface area contributed by atoms with E-state index in [9.17, 15) is 9.18 Å². The van der Waals surface area contributed by atoms with Crippen molar-refractivity contribution in [2.24, 2.45) is 0 Å². The number of carbonyl (C=O) groups is 1. The number of benzene rings is 2. The summed E-state index contributed by atoms with van der Waals surface area (Å²) < 4.78 is 18.7. The maximum Gasteiger partial charge on any atom is 0.150 e. The van der Waals surface area contributed by atoms with Gasteiger partial charge in [0.15, 0.2) is 0 Å². The van der Waals surface area contributed by atoms with Gasteiger partial charge >= 0.3 is 0 Å². The standard InChI is InChI=1S/C15H12ClFO2/c1-2-19-13-6-10(9-18)5-11(7-13)14-8-12(17)3-4-15(14)16/h3-9H,2H2,1H3. The Morgan fingerprint density at radius 2 is 2.05 bits per heavy atom. The molecule has 0 heterocycles. The zero-order valence-electron chi connectivity index (χ0n) is 10.3. The SMILES string of the molecule is CCOc1cc(C=O)cc(-c2cc(F)ccc2Cl)c1. The van der Waals surface area contributed by atoms with Gasteiger partial charge in [-0.05, 0) is 48.9 Å². The third-order valence-corrected chi connectivity index (χ3v) is 2.94. The van der Waals surface area contributed by atoms with Crippen LogP contribution in [0.3, 0.4) is 0 Å². The fourth-order valence-electron chi connectivity index (χ4n) is 1.81. The number of aldehydes is 1. The van der Waals surface area contributed by atoms with Gasteiger partial charge in [-0.15, -0.1) is 0 Å². The summed E-state index contributed by atoms with van der Waals surface area (Å²) >= 11 is 6.06. The number of rotatable bonds is 4. The van der Waals surface area contributed by atoms with Crippen LogP contribution in [0.2, 0.25) is 5.02 Å². The molecule has 0 unspecified atom stereocenters. The highest BCUT2D eigenvalue weighted by molar-refractivity contribution is 6.33. The molecule has 2 nitrogen and oxygen atoms in total. The maximum atomic E-state index is 13.3. The lowest BCUT2D eigenvalue weighted by molar-refractivity contribution is 0.112. The fourth-order valence-corrected chi connectivity index (χ4v) is 2.04. The van der Waals surface area contributed by atoms with E-state index in [-0.39, 0.29) is 5.82 Å². The molecule has 98 valence electrons. The van der Waals surface area contributed by atoms with E-state index in [1.165, 1.54) is 18.2 Å². The molecule has 2 rings (SSSR count). The van der Waals surface area contributed by atoms with Crippen LogP contribution in [0.4, 0.5) is 4.39 Å². The second-order valence-corrected chi connectivity index (χ2v) is 4.37. The molecule has 0 saturated heterocycles. The van der Waals surface area contributed by atoms with Crippen LogP contribution in [0.25, 0.3) is 11.1 Å². The highest BCUT2D eigenvalue weighted by Crippen LogP contribution is 2.31. The lowest BCUT2D eigenvalue weighted by atomic mass is 10.0. The molecular weight excluding hydrogens is 267 g/mol. The number of hydrogen-bond acceptors (Lipinski definition) is 2. The van der Waals surface area contributed by atoms with Crippen molar-refractivity contribution in [3.63, 3.8) is 0 Å². The summed E-state index contributed by atoms with van der Waals surface area (Å²) in [6.07, 6.45) is 0.721.